The molecule has 0 amide bonds. The van der Waals surface area contributed by atoms with Crippen molar-refractivity contribution < 1.29 is 10.2 Å². The third-order valence-electron chi connectivity index (χ3n) is 3.44. The summed E-state index contributed by atoms with van der Waals surface area (Å²) in [5, 5.41) is 18.5. The molecule has 16 heavy (non-hydrogen) atoms. The van der Waals surface area contributed by atoms with Crippen molar-refractivity contribution in [3.05, 3.63) is 12.7 Å². The predicted octanol–water partition coefficient (Wildman–Crippen LogP) is 2.99. The van der Waals surface area contributed by atoms with Crippen molar-refractivity contribution in [2.24, 2.45) is 17.8 Å². The van der Waals surface area contributed by atoms with Crippen molar-refractivity contribution in [2.75, 3.05) is 6.61 Å². The molecule has 0 saturated carbocycles. The SMILES string of the molecule is C=CC(C)CCC(CCC(C)O)C(C)CO. The predicted molar refractivity (Wildman–Crippen MR) is 69.2 cm³/mol. The van der Waals surface area contributed by atoms with E-state index >= 15 is 0 Å². The Morgan fingerprint density at radius 1 is 1.06 bits per heavy atom. The molecule has 0 aromatic heterocycles. The lowest BCUT2D eigenvalue weighted by Crippen LogP contribution is -2.18. The van der Waals surface area contributed by atoms with Gasteiger partial charge >= 0.3 is 0 Å². The Labute approximate surface area is 100 Å². The van der Waals surface area contributed by atoms with Gasteiger partial charge < -0.3 is 10.2 Å². The van der Waals surface area contributed by atoms with Crippen LogP contribution >= 0.6 is 0 Å². The summed E-state index contributed by atoms with van der Waals surface area (Å²) >= 11 is 0. The van der Waals surface area contributed by atoms with E-state index in [4.69, 9.17) is 0 Å². The van der Waals surface area contributed by atoms with Crippen molar-refractivity contribution in [3.8, 4) is 0 Å². The minimum absolute atomic E-state index is 0.231. The van der Waals surface area contributed by atoms with E-state index in [1.54, 1.807) is 0 Å². The maximum Gasteiger partial charge on any atom is 0.0512 e. The van der Waals surface area contributed by atoms with Gasteiger partial charge in [0, 0.05) is 6.61 Å². The first-order valence-corrected chi connectivity index (χ1v) is 6.42. The van der Waals surface area contributed by atoms with E-state index < -0.39 is 0 Å². The van der Waals surface area contributed by atoms with Gasteiger partial charge in [0.05, 0.1) is 6.10 Å². The van der Waals surface area contributed by atoms with E-state index in [-0.39, 0.29) is 12.7 Å². The number of aliphatic hydroxyl groups is 2. The highest BCUT2D eigenvalue weighted by Crippen LogP contribution is 2.25. The molecule has 4 atom stereocenters. The second-order valence-corrected chi connectivity index (χ2v) is 5.14. The van der Waals surface area contributed by atoms with Gasteiger partial charge in [-0.2, -0.15) is 0 Å². The van der Waals surface area contributed by atoms with Crippen LogP contribution in [0.5, 0.6) is 0 Å². The van der Waals surface area contributed by atoms with Crippen molar-refractivity contribution in [3.63, 3.8) is 0 Å². The first-order valence-electron chi connectivity index (χ1n) is 6.42. The molecule has 0 rings (SSSR count). The first-order chi connectivity index (χ1) is 7.51. The van der Waals surface area contributed by atoms with Crippen LogP contribution < -0.4 is 0 Å². The highest BCUT2D eigenvalue weighted by atomic mass is 16.3. The largest absolute Gasteiger partial charge is 0.396 e. The molecule has 96 valence electrons. The van der Waals surface area contributed by atoms with Gasteiger partial charge in [-0.3, -0.25) is 0 Å². The first kappa shape index (κ1) is 15.7. The topological polar surface area (TPSA) is 40.5 Å². The molecule has 0 saturated heterocycles. The third-order valence-corrected chi connectivity index (χ3v) is 3.44. The second-order valence-electron chi connectivity index (χ2n) is 5.14. The molecule has 0 bridgehead atoms. The van der Waals surface area contributed by atoms with Crippen LogP contribution in [-0.2, 0) is 0 Å². The molecule has 0 fully saturated rings. The van der Waals surface area contributed by atoms with Gasteiger partial charge in [-0.05, 0) is 50.4 Å². The highest BCUT2D eigenvalue weighted by Gasteiger charge is 2.17. The summed E-state index contributed by atoms with van der Waals surface area (Å²) < 4.78 is 0. The molecule has 0 heterocycles. The molecular formula is C14H28O2. The second kappa shape index (κ2) is 8.77. The van der Waals surface area contributed by atoms with Crippen LogP contribution in [0.1, 0.15) is 46.5 Å². The Morgan fingerprint density at radius 2 is 1.62 bits per heavy atom. The normalized spacial score (nSPS) is 18.8. The molecule has 0 aliphatic heterocycles. The molecule has 0 aliphatic rings. The van der Waals surface area contributed by atoms with Gasteiger partial charge in [-0.25, -0.2) is 0 Å². The van der Waals surface area contributed by atoms with Crippen molar-refractivity contribution in [1.82, 2.24) is 0 Å². The van der Waals surface area contributed by atoms with E-state index in [2.05, 4.69) is 20.4 Å². The van der Waals surface area contributed by atoms with Crippen LogP contribution in [0, 0.1) is 17.8 Å². The average Bonchev–Trinajstić information content (AvgIpc) is 2.27. The summed E-state index contributed by atoms with van der Waals surface area (Å²) in [7, 11) is 0. The van der Waals surface area contributed by atoms with E-state index in [1.807, 2.05) is 13.0 Å². The summed E-state index contributed by atoms with van der Waals surface area (Å²) in [5.41, 5.74) is 0. The maximum absolute atomic E-state index is 9.30. The fraction of sp³-hybridized carbons (Fsp3) is 0.857. The minimum Gasteiger partial charge on any atom is -0.396 e. The van der Waals surface area contributed by atoms with Crippen LogP contribution in [0.15, 0.2) is 12.7 Å². The lowest BCUT2D eigenvalue weighted by atomic mass is 9.84. The summed E-state index contributed by atoms with van der Waals surface area (Å²) in [5.74, 6) is 1.39. The van der Waals surface area contributed by atoms with Gasteiger partial charge in [-0.1, -0.05) is 19.9 Å². The van der Waals surface area contributed by atoms with Gasteiger partial charge in [0.2, 0.25) is 0 Å². The quantitative estimate of drug-likeness (QED) is 0.596. The van der Waals surface area contributed by atoms with Crippen LogP contribution in [0.3, 0.4) is 0 Å². The number of aliphatic hydroxyl groups excluding tert-OH is 2. The molecule has 2 heteroatoms. The summed E-state index contributed by atoms with van der Waals surface area (Å²) in [6.45, 7) is 10.1. The van der Waals surface area contributed by atoms with Crippen molar-refractivity contribution >= 4 is 0 Å². The standard InChI is InChI=1S/C14H28O2/c1-5-11(2)6-8-14(12(3)10-15)9-7-13(4)16/h5,11-16H,1,6-10H2,2-4H3. The van der Waals surface area contributed by atoms with E-state index in [0.29, 0.717) is 17.8 Å². The molecule has 0 aromatic carbocycles. The molecule has 0 aliphatic carbocycles. The third kappa shape index (κ3) is 7.02. The Morgan fingerprint density at radius 3 is 2.06 bits per heavy atom. The number of allylic oxidation sites excluding steroid dienone is 1. The highest BCUT2D eigenvalue weighted by molar-refractivity contribution is 4.77. The lowest BCUT2D eigenvalue weighted by molar-refractivity contribution is 0.137. The van der Waals surface area contributed by atoms with Crippen molar-refractivity contribution in [1.29, 1.82) is 0 Å². The molecular weight excluding hydrogens is 200 g/mol. The molecule has 2 nitrogen and oxygen atoms in total. The molecule has 2 N–H and O–H groups in total. The van der Waals surface area contributed by atoms with E-state index in [9.17, 15) is 10.2 Å². The monoisotopic (exact) mass is 228 g/mol. The Kier molecular flexibility index (Phi) is 8.58. The van der Waals surface area contributed by atoms with Gasteiger partial charge in [0.1, 0.15) is 0 Å². The Bertz CT molecular complexity index is 178. The van der Waals surface area contributed by atoms with Crippen LogP contribution in [0.4, 0.5) is 0 Å². The van der Waals surface area contributed by atoms with E-state index in [1.165, 1.54) is 0 Å². The van der Waals surface area contributed by atoms with Crippen LogP contribution in [-0.4, -0.2) is 22.9 Å². The lowest BCUT2D eigenvalue weighted by Gasteiger charge is -2.24. The molecule has 4 unspecified atom stereocenters. The number of rotatable bonds is 9. The van der Waals surface area contributed by atoms with Crippen LogP contribution in [0.2, 0.25) is 0 Å². The maximum atomic E-state index is 9.30. The fourth-order valence-electron chi connectivity index (χ4n) is 1.91. The Hall–Kier alpha value is -0.340. The zero-order valence-electron chi connectivity index (χ0n) is 11.0. The summed E-state index contributed by atoms with van der Waals surface area (Å²) in [6, 6.07) is 0. The summed E-state index contributed by atoms with van der Waals surface area (Å²) in [6.07, 6.45) is 5.82. The Balaban J connectivity index is 4.04. The summed E-state index contributed by atoms with van der Waals surface area (Å²) in [4.78, 5) is 0. The average molecular weight is 228 g/mol. The molecule has 0 radical (unpaired) electrons. The zero-order valence-corrected chi connectivity index (χ0v) is 11.0. The van der Waals surface area contributed by atoms with E-state index in [0.717, 1.165) is 25.7 Å². The van der Waals surface area contributed by atoms with Gasteiger partial charge in [-0.15, -0.1) is 6.58 Å². The fourth-order valence-corrected chi connectivity index (χ4v) is 1.91. The van der Waals surface area contributed by atoms with Gasteiger partial charge in [0.15, 0.2) is 0 Å². The molecule has 0 spiro atoms. The van der Waals surface area contributed by atoms with Crippen molar-refractivity contribution in [2.45, 2.75) is 52.6 Å². The number of hydrogen-bond acceptors (Lipinski definition) is 2. The zero-order chi connectivity index (χ0) is 12.6. The smallest absolute Gasteiger partial charge is 0.0512 e. The van der Waals surface area contributed by atoms with Crippen LogP contribution in [0.25, 0.3) is 0 Å². The molecule has 0 aromatic rings. The van der Waals surface area contributed by atoms with Gasteiger partial charge in [0.25, 0.3) is 0 Å². The number of hydrogen-bond donors (Lipinski definition) is 2. The minimum atomic E-state index is -0.231.